The van der Waals surface area contributed by atoms with E-state index in [-0.39, 0.29) is 12.1 Å². The summed E-state index contributed by atoms with van der Waals surface area (Å²) in [7, 11) is 1.25. The van der Waals surface area contributed by atoms with Gasteiger partial charge in [0.2, 0.25) is 5.91 Å². The third-order valence-corrected chi connectivity index (χ3v) is 2.35. The number of carbonyl (C=O) groups excluding carboxylic acids is 2. The minimum absolute atomic E-state index is 0.117. The molecule has 0 heterocycles. The molecule has 0 saturated heterocycles. The number of carbonyl (C=O) groups is 2. The van der Waals surface area contributed by atoms with E-state index in [2.05, 4.69) is 10.1 Å². The topological polar surface area (TPSA) is 81.4 Å². The second-order valence-electron chi connectivity index (χ2n) is 3.44. The van der Waals surface area contributed by atoms with Crippen molar-refractivity contribution in [1.82, 2.24) is 0 Å². The van der Waals surface area contributed by atoms with Gasteiger partial charge in [0.15, 0.2) is 0 Å². The molecular weight excluding hydrogens is 256 g/mol. The average molecular weight is 269 g/mol. The minimum Gasteiger partial charge on any atom is -0.469 e. The number of nitrogens with one attached hydrogen (secondary N) is 1. The summed E-state index contributed by atoms with van der Waals surface area (Å²) in [4.78, 5) is 22.5. The second kappa shape index (κ2) is 6.66. The molecule has 96 valence electrons. The zero-order valence-electron chi connectivity index (χ0n) is 9.77. The number of nitrogens with two attached hydrogens (primary N) is 1. The van der Waals surface area contributed by atoms with Crippen LogP contribution in [0.1, 0.15) is 6.42 Å². The molecule has 1 amide bonds. The van der Waals surface area contributed by atoms with Gasteiger partial charge in [-0.05, 0) is 12.1 Å². The van der Waals surface area contributed by atoms with E-state index in [1.165, 1.54) is 7.11 Å². The van der Waals surface area contributed by atoms with E-state index >= 15 is 0 Å². The van der Waals surface area contributed by atoms with E-state index in [1.54, 1.807) is 24.3 Å². The van der Waals surface area contributed by atoms with Crippen LogP contribution in [-0.2, 0) is 14.3 Å². The molecular formula is C12H13ClN2O3. The number of hydrogen-bond donors (Lipinski definition) is 2. The van der Waals surface area contributed by atoms with E-state index in [0.717, 1.165) is 6.08 Å². The normalized spacial score (nSPS) is 10.9. The number of hydrogen-bond acceptors (Lipinski definition) is 4. The fourth-order valence-corrected chi connectivity index (χ4v) is 1.37. The van der Waals surface area contributed by atoms with Crippen LogP contribution in [-0.4, -0.2) is 19.0 Å². The summed E-state index contributed by atoms with van der Waals surface area (Å²) in [6.07, 6.45) is 0.993. The highest BCUT2D eigenvalue weighted by atomic mass is 35.5. The van der Waals surface area contributed by atoms with Crippen molar-refractivity contribution in [2.45, 2.75) is 6.42 Å². The lowest BCUT2D eigenvalue weighted by molar-refractivity contribution is -0.139. The molecule has 1 aromatic carbocycles. The Morgan fingerprint density at radius 2 is 2.11 bits per heavy atom. The quantitative estimate of drug-likeness (QED) is 0.643. The van der Waals surface area contributed by atoms with Gasteiger partial charge in [-0.15, -0.1) is 0 Å². The lowest BCUT2D eigenvalue weighted by atomic mass is 10.3. The van der Waals surface area contributed by atoms with Crippen LogP contribution < -0.4 is 11.1 Å². The lowest BCUT2D eigenvalue weighted by Crippen LogP contribution is -2.14. The van der Waals surface area contributed by atoms with Crippen molar-refractivity contribution >= 4 is 29.2 Å². The molecule has 18 heavy (non-hydrogen) atoms. The Balaban J connectivity index is 2.64. The molecule has 1 aromatic rings. The lowest BCUT2D eigenvalue weighted by Gasteiger charge is -2.05. The van der Waals surface area contributed by atoms with Crippen LogP contribution in [0.5, 0.6) is 0 Å². The summed E-state index contributed by atoms with van der Waals surface area (Å²) in [5, 5.41) is 2.98. The maximum absolute atomic E-state index is 11.6. The predicted octanol–water partition coefficient (Wildman–Crippen LogP) is 1.68. The maximum atomic E-state index is 11.6. The smallest absolute Gasteiger partial charge is 0.311 e. The van der Waals surface area contributed by atoms with Gasteiger partial charge in [0, 0.05) is 11.8 Å². The number of methoxy groups -OCH3 is 1. The number of ether oxygens (including phenoxy) is 1. The average Bonchev–Trinajstić information content (AvgIpc) is 2.31. The fourth-order valence-electron chi connectivity index (χ4n) is 1.19. The standard InChI is InChI=1S/C12H13ClN2O3/c1-18-12(17)7-8(14)6-11(16)15-10-5-3-2-4-9(10)13/h2-6H,7,14H2,1H3,(H,15,16). The van der Waals surface area contributed by atoms with E-state index < -0.39 is 11.9 Å². The van der Waals surface area contributed by atoms with E-state index in [1.807, 2.05) is 0 Å². The van der Waals surface area contributed by atoms with Gasteiger partial charge in [0.25, 0.3) is 0 Å². The molecule has 0 spiro atoms. The van der Waals surface area contributed by atoms with Crippen LogP contribution in [0.25, 0.3) is 0 Å². The summed E-state index contributed by atoms with van der Waals surface area (Å²) in [6.45, 7) is 0. The van der Waals surface area contributed by atoms with Crippen molar-refractivity contribution in [3.63, 3.8) is 0 Å². The molecule has 0 aliphatic rings. The van der Waals surface area contributed by atoms with Gasteiger partial charge in [-0.1, -0.05) is 23.7 Å². The molecule has 6 heteroatoms. The first-order valence-electron chi connectivity index (χ1n) is 5.11. The summed E-state index contributed by atoms with van der Waals surface area (Å²) >= 11 is 5.87. The van der Waals surface area contributed by atoms with Crippen LogP contribution in [0.15, 0.2) is 36.0 Å². The van der Waals surface area contributed by atoms with E-state index in [0.29, 0.717) is 10.7 Å². The highest BCUT2D eigenvalue weighted by Gasteiger charge is 2.06. The number of esters is 1. The molecule has 0 aliphatic heterocycles. The van der Waals surface area contributed by atoms with Crippen molar-refractivity contribution in [2.24, 2.45) is 5.73 Å². The number of halogens is 1. The Kier molecular flexibility index (Phi) is 5.20. The molecule has 3 N–H and O–H groups in total. The molecule has 0 fully saturated rings. The van der Waals surface area contributed by atoms with E-state index in [9.17, 15) is 9.59 Å². The van der Waals surface area contributed by atoms with Gasteiger partial charge < -0.3 is 15.8 Å². The van der Waals surface area contributed by atoms with Crippen LogP contribution in [0, 0.1) is 0 Å². The zero-order valence-corrected chi connectivity index (χ0v) is 10.5. The second-order valence-corrected chi connectivity index (χ2v) is 3.85. The molecule has 1 rings (SSSR count). The Labute approximate surface area is 110 Å². The van der Waals surface area contributed by atoms with Crippen LogP contribution in [0.2, 0.25) is 5.02 Å². The summed E-state index contributed by atoms with van der Waals surface area (Å²) in [6, 6.07) is 6.80. The molecule has 0 radical (unpaired) electrons. The molecule has 0 unspecified atom stereocenters. The Morgan fingerprint density at radius 3 is 2.72 bits per heavy atom. The van der Waals surface area contributed by atoms with Crippen molar-refractivity contribution in [1.29, 1.82) is 0 Å². The minimum atomic E-state index is -0.505. The SMILES string of the molecule is COC(=O)CC(N)=CC(=O)Nc1ccccc1Cl. The summed E-state index contributed by atoms with van der Waals surface area (Å²) < 4.78 is 4.43. The highest BCUT2D eigenvalue weighted by Crippen LogP contribution is 2.20. The molecule has 0 saturated carbocycles. The Bertz CT molecular complexity index is 486. The number of rotatable bonds is 4. The van der Waals surface area contributed by atoms with Gasteiger partial charge >= 0.3 is 5.97 Å². The molecule has 0 bridgehead atoms. The van der Waals surface area contributed by atoms with Crippen molar-refractivity contribution < 1.29 is 14.3 Å². The van der Waals surface area contributed by atoms with Crippen molar-refractivity contribution in [3.05, 3.63) is 41.1 Å². The number of amides is 1. The van der Waals surface area contributed by atoms with Gasteiger partial charge in [0.05, 0.1) is 24.2 Å². The van der Waals surface area contributed by atoms with Gasteiger partial charge in [-0.25, -0.2) is 0 Å². The monoisotopic (exact) mass is 268 g/mol. The predicted molar refractivity (Wildman–Crippen MR) is 69.0 cm³/mol. The summed E-state index contributed by atoms with van der Waals surface area (Å²) in [5.41, 5.74) is 6.10. The number of para-hydroxylation sites is 1. The first-order chi connectivity index (χ1) is 8.52. The molecule has 0 atom stereocenters. The number of benzene rings is 1. The molecule has 5 nitrogen and oxygen atoms in total. The summed E-state index contributed by atoms with van der Waals surface area (Å²) in [5.74, 6) is -0.959. The molecule has 0 aromatic heterocycles. The first-order valence-corrected chi connectivity index (χ1v) is 5.49. The van der Waals surface area contributed by atoms with Crippen LogP contribution in [0.4, 0.5) is 5.69 Å². The Morgan fingerprint density at radius 1 is 1.44 bits per heavy atom. The van der Waals surface area contributed by atoms with E-state index in [4.69, 9.17) is 17.3 Å². The fraction of sp³-hybridized carbons (Fsp3) is 0.167. The van der Waals surface area contributed by atoms with Crippen LogP contribution in [0.3, 0.4) is 0 Å². The van der Waals surface area contributed by atoms with Crippen molar-refractivity contribution in [2.75, 3.05) is 12.4 Å². The maximum Gasteiger partial charge on any atom is 0.311 e. The Hall–Kier alpha value is -2.01. The van der Waals surface area contributed by atoms with Gasteiger partial charge in [0.1, 0.15) is 0 Å². The highest BCUT2D eigenvalue weighted by molar-refractivity contribution is 6.33. The van der Waals surface area contributed by atoms with Gasteiger partial charge in [-0.3, -0.25) is 9.59 Å². The molecule has 0 aliphatic carbocycles. The zero-order chi connectivity index (χ0) is 13.5. The third kappa shape index (κ3) is 4.47. The first kappa shape index (κ1) is 14.1. The van der Waals surface area contributed by atoms with Gasteiger partial charge in [-0.2, -0.15) is 0 Å². The number of anilines is 1. The van der Waals surface area contributed by atoms with Crippen molar-refractivity contribution in [3.8, 4) is 0 Å². The van der Waals surface area contributed by atoms with Crippen LogP contribution >= 0.6 is 11.6 Å². The third-order valence-electron chi connectivity index (χ3n) is 2.02. The largest absolute Gasteiger partial charge is 0.469 e.